The number of fused-ring (bicyclic) bond motifs is 1. The minimum atomic E-state index is -0.913. The second-order valence-corrected chi connectivity index (χ2v) is 6.23. The van der Waals surface area contributed by atoms with E-state index in [0.717, 1.165) is 11.3 Å². The van der Waals surface area contributed by atoms with E-state index in [1.54, 1.807) is 12.1 Å². The first-order valence-electron chi connectivity index (χ1n) is 8.03. The van der Waals surface area contributed by atoms with Gasteiger partial charge in [0.25, 0.3) is 0 Å². The summed E-state index contributed by atoms with van der Waals surface area (Å²) in [4.78, 5) is 11.0. The second-order valence-electron chi connectivity index (χ2n) is 6.23. The van der Waals surface area contributed by atoms with Gasteiger partial charge in [-0.25, -0.2) is 4.39 Å². The number of hydrogen-bond donors (Lipinski definition) is 1. The van der Waals surface area contributed by atoms with Crippen molar-refractivity contribution in [1.29, 1.82) is 0 Å². The lowest BCUT2D eigenvalue weighted by Crippen LogP contribution is -2.06. The average Bonchev–Trinajstić information content (AvgIpc) is 2.87. The van der Waals surface area contributed by atoms with Gasteiger partial charge < -0.3 is 9.67 Å². The SMILES string of the molecule is CC(C)c1c(CCC(=O)O)c2cc(F)c#cc2n1-c1ccc(F)cc1. The van der Waals surface area contributed by atoms with Crippen molar-refractivity contribution in [2.45, 2.75) is 32.6 Å². The molecule has 3 nitrogen and oxygen atoms in total. The Kier molecular flexibility index (Phi) is 4.45. The van der Waals surface area contributed by atoms with E-state index in [9.17, 15) is 13.6 Å². The van der Waals surface area contributed by atoms with E-state index in [-0.39, 0.29) is 24.6 Å². The summed E-state index contributed by atoms with van der Waals surface area (Å²) >= 11 is 0. The third kappa shape index (κ3) is 3.20. The Morgan fingerprint density at radius 3 is 2.48 bits per heavy atom. The molecule has 0 aliphatic rings. The minimum absolute atomic E-state index is 0.0531. The van der Waals surface area contributed by atoms with Gasteiger partial charge in [0.1, 0.15) is 11.3 Å². The van der Waals surface area contributed by atoms with Crippen LogP contribution in [0.25, 0.3) is 16.6 Å². The number of aryl methyl sites for hydroxylation is 1. The van der Waals surface area contributed by atoms with Crippen molar-refractivity contribution in [3.05, 3.63) is 65.4 Å². The zero-order valence-corrected chi connectivity index (χ0v) is 13.9. The van der Waals surface area contributed by atoms with Crippen LogP contribution < -0.4 is 0 Å². The van der Waals surface area contributed by atoms with Gasteiger partial charge in [-0.2, -0.15) is 4.39 Å². The molecule has 0 spiro atoms. The third-order valence-corrected chi connectivity index (χ3v) is 4.15. The second kappa shape index (κ2) is 6.56. The molecule has 0 atom stereocenters. The fourth-order valence-corrected chi connectivity index (χ4v) is 3.18. The molecule has 0 saturated heterocycles. The highest BCUT2D eigenvalue weighted by Crippen LogP contribution is 2.34. The van der Waals surface area contributed by atoms with Crippen LogP contribution in [-0.2, 0) is 11.2 Å². The lowest BCUT2D eigenvalue weighted by atomic mass is 9.99. The van der Waals surface area contributed by atoms with Gasteiger partial charge in [-0.15, -0.1) is 0 Å². The van der Waals surface area contributed by atoms with E-state index in [4.69, 9.17) is 5.11 Å². The molecule has 0 unspecified atom stereocenters. The zero-order valence-electron chi connectivity index (χ0n) is 13.9. The van der Waals surface area contributed by atoms with Crippen LogP contribution in [0.3, 0.4) is 0 Å². The summed E-state index contributed by atoms with van der Waals surface area (Å²) in [6.07, 6.45) is 0.229. The van der Waals surface area contributed by atoms with E-state index in [2.05, 4.69) is 12.1 Å². The molecule has 5 heteroatoms. The molecule has 2 aromatic carbocycles. The Bertz CT molecular complexity index is 927. The molecule has 0 bridgehead atoms. The molecule has 1 heterocycles. The largest absolute Gasteiger partial charge is 0.481 e. The van der Waals surface area contributed by atoms with Crippen molar-refractivity contribution in [1.82, 2.24) is 4.57 Å². The normalized spacial score (nSPS) is 11.1. The maximum atomic E-state index is 13.8. The van der Waals surface area contributed by atoms with Crippen LogP contribution in [0.2, 0.25) is 0 Å². The number of halogens is 2. The Balaban J connectivity index is 2.32. The third-order valence-electron chi connectivity index (χ3n) is 4.15. The first kappa shape index (κ1) is 17.0. The Morgan fingerprint density at radius 2 is 1.88 bits per heavy atom. The van der Waals surface area contributed by atoms with Crippen molar-refractivity contribution < 1.29 is 18.7 Å². The molecule has 0 amide bonds. The van der Waals surface area contributed by atoms with Crippen LogP contribution in [0.4, 0.5) is 8.78 Å². The summed E-state index contributed by atoms with van der Waals surface area (Å²) in [5, 5.41) is 9.67. The molecule has 0 saturated carbocycles. The average molecular weight is 341 g/mol. The molecule has 0 fully saturated rings. The summed E-state index contributed by atoms with van der Waals surface area (Å²) < 4.78 is 28.9. The highest BCUT2D eigenvalue weighted by atomic mass is 19.1. The molecule has 3 rings (SSSR count). The molecule has 0 aliphatic heterocycles. The summed E-state index contributed by atoms with van der Waals surface area (Å²) in [6.45, 7) is 3.97. The van der Waals surface area contributed by atoms with E-state index in [1.165, 1.54) is 18.2 Å². The van der Waals surface area contributed by atoms with Crippen molar-refractivity contribution >= 4 is 16.9 Å². The molecular weight excluding hydrogens is 324 g/mol. The molecular formula is C20H17F2NO2. The van der Waals surface area contributed by atoms with E-state index in [0.29, 0.717) is 16.6 Å². The van der Waals surface area contributed by atoms with E-state index in [1.807, 2.05) is 18.4 Å². The maximum absolute atomic E-state index is 13.8. The fraction of sp³-hybridized carbons (Fsp3) is 0.250. The molecule has 1 N–H and O–H groups in total. The summed E-state index contributed by atoms with van der Waals surface area (Å²) in [7, 11) is 0. The number of carboxylic acid groups (broad SMARTS) is 1. The van der Waals surface area contributed by atoms with Gasteiger partial charge in [-0.3, -0.25) is 4.79 Å². The molecule has 1 aromatic heterocycles. The topological polar surface area (TPSA) is 42.2 Å². The standard InChI is InChI=1S/C20H17F2NO2/c1-12(2)20-16(8-10-19(24)25)17-11-14(22)5-9-18(17)23(20)15-6-3-13(21)4-7-15/h3-4,6-7,11-12H,8,10H2,1-2H3,(H,24,25). The fourth-order valence-electron chi connectivity index (χ4n) is 3.18. The van der Waals surface area contributed by atoms with Gasteiger partial charge in [-0.05, 0) is 60.4 Å². The van der Waals surface area contributed by atoms with Crippen molar-refractivity contribution in [2.75, 3.05) is 0 Å². The lowest BCUT2D eigenvalue weighted by Gasteiger charge is -2.15. The molecule has 3 aromatic rings. The highest BCUT2D eigenvalue weighted by Gasteiger charge is 2.21. The number of aliphatic carboxylic acids is 1. The van der Waals surface area contributed by atoms with Crippen LogP contribution in [-0.4, -0.2) is 15.6 Å². The summed E-state index contributed by atoms with van der Waals surface area (Å²) in [5.74, 6) is -1.75. The molecule has 0 aliphatic carbocycles. The van der Waals surface area contributed by atoms with E-state index >= 15 is 0 Å². The van der Waals surface area contributed by atoms with Crippen LogP contribution in [0.15, 0.2) is 30.3 Å². The first-order valence-corrected chi connectivity index (χ1v) is 8.03. The highest BCUT2D eigenvalue weighted by molar-refractivity contribution is 5.87. The predicted octanol–water partition coefficient (Wildman–Crippen LogP) is 4.65. The lowest BCUT2D eigenvalue weighted by molar-refractivity contribution is -0.136. The van der Waals surface area contributed by atoms with Crippen molar-refractivity contribution in [3.63, 3.8) is 0 Å². The van der Waals surface area contributed by atoms with Gasteiger partial charge >= 0.3 is 5.97 Å². The Labute approximate surface area is 144 Å². The number of rotatable bonds is 5. The number of benzene rings is 1. The first-order chi connectivity index (χ1) is 11.9. The van der Waals surface area contributed by atoms with Gasteiger partial charge in [-0.1, -0.05) is 13.8 Å². The quantitative estimate of drug-likeness (QED) is 0.734. The monoisotopic (exact) mass is 341 g/mol. The summed E-state index contributed by atoms with van der Waals surface area (Å²) in [5.41, 5.74) is 2.98. The zero-order chi connectivity index (χ0) is 18.1. The number of hydrogen-bond acceptors (Lipinski definition) is 1. The van der Waals surface area contributed by atoms with Gasteiger partial charge in [0, 0.05) is 23.2 Å². The van der Waals surface area contributed by atoms with Gasteiger partial charge in [0.05, 0.1) is 0 Å². The molecule has 128 valence electrons. The number of nitrogens with zero attached hydrogens (tertiary/aromatic N) is 1. The number of carboxylic acids is 1. The predicted molar refractivity (Wildman–Crippen MR) is 90.9 cm³/mol. The van der Waals surface area contributed by atoms with Crippen LogP contribution >= 0.6 is 0 Å². The Morgan fingerprint density at radius 1 is 1.20 bits per heavy atom. The minimum Gasteiger partial charge on any atom is -0.481 e. The number of carbonyl (C=O) groups is 1. The maximum Gasteiger partial charge on any atom is 0.303 e. The van der Waals surface area contributed by atoms with Crippen LogP contribution in [0.1, 0.15) is 37.4 Å². The van der Waals surface area contributed by atoms with E-state index < -0.39 is 11.8 Å². The Hall–Kier alpha value is -2.87. The molecule has 25 heavy (non-hydrogen) atoms. The van der Waals surface area contributed by atoms with Gasteiger partial charge in [0.2, 0.25) is 0 Å². The van der Waals surface area contributed by atoms with Crippen molar-refractivity contribution in [2.24, 2.45) is 0 Å². The van der Waals surface area contributed by atoms with Crippen LogP contribution in [0.5, 0.6) is 0 Å². The van der Waals surface area contributed by atoms with Gasteiger partial charge in [0.15, 0.2) is 5.82 Å². The molecule has 0 radical (unpaired) electrons. The number of aromatic nitrogens is 1. The van der Waals surface area contributed by atoms with Crippen molar-refractivity contribution in [3.8, 4) is 5.69 Å². The summed E-state index contributed by atoms with van der Waals surface area (Å²) in [6, 6.07) is 12.6. The smallest absolute Gasteiger partial charge is 0.303 e. The van der Waals surface area contributed by atoms with Crippen LogP contribution in [0, 0.1) is 23.8 Å².